The van der Waals surface area contributed by atoms with E-state index in [1.807, 2.05) is 13.8 Å². The Morgan fingerprint density at radius 3 is 2.15 bits per heavy atom. The molecule has 0 bridgehead atoms. The summed E-state index contributed by atoms with van der Waals surface area (Å²) in [6.45, 7) is 17.8. The fourth-order valence-electron chi connectivity index (χ4n) is 3.79. The van der Waals surface area contributed by atoms with Crippen LogP contribution in [0.2, 0.25) is 0 Å². The van der Waals surface area contributed by atoms with Crippen molar-refractivity contribution in [3.8, 4) is 5.75 Å². The van der Waals surface area contributed by atoms with Crippen molar-refractivity contribution < 1.29 is 4.74 Å². The number of ether oxygens (including phenoxy) is 1. The molecule has 0 spiro atoms. The van der Waals surface area contributed by atoms with Crippen LogP contribution in [-0.4, -0.2) is 61.7 Å². The van der Waals surface area contributed by atoms with Gasteiger partial charge in [0.05, 0.1) is 6.10 Å². The second-order valence-corrected chi connectivity index (χ2v) is 7.58. The lowest BCUT2D eigenvalue weighted by Gasteiger charge is -2.36. The van der Waals surface area contributed by atoms with Gasteiger partial charge in [-0.1, -0.05) is 26.0 Å². The topological polar surface area (TPSA) is 27.7 Å². The second-order valence-electron chi connectivity index (χ2n) is 7.58. The van der Waals surface area contributed by atoms with E-state index in [9.17, 15) is 0 Å². The Morgan fingerprint density at radius 2 is 1.58 bits per heavy atom. The number of piperidine rings is 1. The quantitative estimate of drug-likeness (QED) is 0.837. The van der Waals surface area contributed by atoms with E-state index in [0.29, 0.717) is 0 Å². The zero-order valence-corrected chi connectivity index (χ0v) is 17.3. The van der Waals surface area contributed by atoms with E-state index in [2.05, 4.69) is 53.2 Å². The van der Waals surface area contributed by atoms with Gasteiger partial charge in [0, 0.05) is 39.3 Å². The first kappa shape index (κ1) is 21.2. The molecule has 4 heteroatoms. The minimum atomic E-state index is 0.241. The first-order chi connectivity index (χ1) is 12.7. The highest BCUT2D eigenvalue weighted by atomic mass is 16.5. The predicted octanol–water partition coefficient (Wildman–Crippen LogP) is 3.62. The third-order valence-corrected chi connectivity index (χ3v) is 5.13. The van der Waals surface area contributed by atoms with Crippen LogP contribution < -0.4 is 10.1 Å². The molecule has 26 heavy (non-hydrogen) atoms. The molecule has 0 saturated carbocycles. The van der Waals surface area contributed by atoms with E-state index in [1.165, 1.54) is 51.1 Å². The molecule has 1 aromatic rings. The van der Waals surface area contributed by atoms with Crippen LogP contribution in [0.1, 0.15) is 46.1 Å². The molecular formula is C22H39N3O. The maximum atomic E-state index is 5.72. The summed E-state index contributed by atoms with van der Waals surface area (Å²) in [5.41, 5.74) is 1.40. The van der Waals surface area contributed by atoms with Crippen molar-refractivity contribution in [1.82, 2.24) is 15.1 Å². The summed E-state index contributed by atoms with van der Waals surface area (Å²) in [7, 11) is 0. The van der Waals surface area contributed by atoms with Gasteiger partial charge in [0.25, 0.3) is 0 Å². The monoisotopic (exact) mass is 361 g/mol. The van der Waals surface area contributed by atoms with Crippen molar-refractivity contribution in [2.75, 3.05) is 45.8 Å². The Morgan fingerprint density at radius 1 is 0.962 bits per heavy atom. The van der Waals surface area contributed by atoms with Crippen molar-refractivity contribution in [3.63, 3.8) is 0 Å². The van der Waals surface area contributed by atoms with Crippen molar-refractivity contribution >= 4 is 0 Å². The van der Waals surface area contributed by atoms with Gasteiger partial charge in [-0.3, -0.25) is 4.90 Å². The Labute approximate surface area is 160 Å². The highest BCUT2D eigenvalue weighted by molar-refractivity contribution is 5.27. The number of hydrogen-bond acceptors (Lipinski definition) is 4. The molecule has 3 rings (SSSR count). The third kappa shape index (κ3) is 7.26. The Hall–Kier alpha value is -1.10. The molecule has 0 aromatic heterocycles. The van der Waals surface area contributed by atoms with Crippen molar-refractivity contribution in [3.05, 3.63) is 29.8 Å². The van der Waals surface area contributed by atoms with E-state index in [-0.39, 0.29) is 6.10 Å². The van der Waals surface area contributed by atoms with Crippen LogP contribution in [0.5, 0.6) is 5.75 Å². The SMILES string of the molecule is CC.CC(C)Oc1ccc(CN2CCC(CN3CCNCC3)CC2)cc1. The maximum absolute atomic E-state index is 5.72. The summed E-state index contributed by atoms with van der Waals surface area (Å²) in [5.74, 6) is 1.87. The van der Waals surface area contributed by atoms with Gasteiger partial charge in [0.2, 0.25) is 0 Å². The lowest BCUT2D eigenvalue weighted by Crippen LogP contribution is -2.46. The average Bonchev–Trinajstić information content (AvgIpc) is 2.67. The molecule has 0 radical (unpaired) electrons. The van der Waals surface area contributed by atoms with Gasteiger partial charge in [-0.15, -0.1) is 0 Å². The fourth-order valence-corrected chi connectivity index (χ4v) is 3.79. The molecule has 2 saturated heterocycles. The summed E-state index contributed by atoms with van der Waals surface area (Å²) >= 11 is 0. The van der Waals surface area contributed by atoms with Gasteiger partial charge in [-0.2, -0.15) is 0 Å². The molecule has 4 nitrogen and oxygen atoms in total. The minimum absolute atomic E-state index is 0.241. The molecule has 2 heterocycles. The van der Waals surface area contributed by atoms with Crippen LogP contribution in [0.3, 0.4) is 0 Å². The maximum Gasteiger partial charge on any atom is 0.119 e. The van der Waals surface area contributed by atoms with E-state index in [4.69, 9.17) is 4.74 Å². The van der Waals surface area contributed by atoms with Crippen molar-refractivity contribution in [2.24, 2.45) is 5.92 Å². The molecule has 0 atom stereocenters. The Kier molecular flexibility index (Phi) is 9.44. The normalized spacial score (nSPS) is 19.9. The van der Waals surface area contributed by atoms with Gasteiger partial charge >= 0.3 is 0 Å². The predicted molar refractivity (Wildman–Crippen MR) is 111 cm³/mol. The molecule has 0 aliphatic carbocycles. The molecule has 0 amide bonds. The highest BCUT2D eigenvalue weighted by Gasteiger charge is 2.22. The fraction of sp³-hybridized carbons (Fsp3) is 0.727. The number of piperazine rings is 1. The van der Waals surface area contributed by atoms with Gasteiger partial charge in [0.15, 0.2) is 0 Å². The Balaban J connectivity index is 0.00000117. The summed E-state index contributed by atoms with van der Waals surface area (Å²) in [6, 6.07) is 8.63. The molecule has 148 valence electrons. The van der Waals surface area contributed by atoms with Gasteiger partial charge in [-0.25, -0.2) is 0 Å². The molecule has 1 N–H and O–H groups in total. The van der Waals surface area contributed by atoms with E-state index >= 15 is 0 Å². The van der Waals surface area contributed by atoms with E-state index in [0.717, 1.165) is 31.3 Å². The zero-order valence-electron chi connectivity index (χ0n) is 17.3. The average molecular weight is 362 g/mol. The van der Waals surface area contributed by atoms with Crippen LogP contribution >= 0.6 is 0 Å². The molecule has 0 unspecified atom stereocenters. The summed E-state index contributed by atoms with van der Waals surface area (Å²) in [4.78, 5) is 5.25. The van der Waals surface area contributed by atoms with E-state index < -0.39 is 0 Å². The van der Waals surface area contributed by atoms with Gasteiger partial charge < -0.3 is 15.0 Å². The van der Waals surface area contributed by atoms with Crippen LogP contribution in [0.4, 0.5) is 0 Å². The number of rotatable bonds is 6. The molecule has 2 fully saturated rings. The summed E-state index contributed by atoms with van der Waals surface area (Å²) in [5, 5.41) is 3.44. The standard InChI is InChI=1S/C20H33N3O.C2H6/c1-17(2)24-20-5-3-18(4-6-20)15-22-11-7-19(8-12-22)16-23-13-9-21-10-14-23;1-2/h3-6,17,19,21H,7-16H2,1-2H3;1-2H3. The minimum Gasteiger partial charge on any atom is -0.491 e. The summed E-state index contributed by atoms with van der Waals surface area (Å²) in [6.07, 6.45) is 2.93. The van der Waals surface area contributed by atoms with Crippen LogP contribution in [0.25, 0.3) is 0 Å². The van der Waals surface area contributed by atoms with Gasteiger partial charge in [0.1, 0.15) is 5.75 Å². The highest BCUT2D eigenvalue weighted by Crippen LogP contribution is 2.21. The number of likely N-dealkylation sites (tertiary alicyclic amines) is 1. The largest absolute Gasteiger partial charge is 0.491 e. The lowest BCUT2D eigenvalue weighted by atomic mass is 9.95. The third-order valence-electron chi connectivity index (χ3n) is 5.13. The van der Waals surface area contributed by atoms with Crippen LogP contribution in [-0.2, 0) is 6.54 Å². The number of nitrogens with one attached hydrogen (secondary N) is 1. The smallest absolute Gasteiger partial charge is 0.119 e. The Bertz CT molecular complexity index is 475. The number of hydrogen-bond donors (Lipinski definition) is 1. The molecule has 2 aliphatic heterocycles. The van der Waals surface area contributed by atoms with Crippen LogP contribution in [0, 0.1) is 5.92 Å². The molecule has 1 aromatic carbocycles. The van der Waals surface area contributed by atoms with Crippen LogP contribution in [0.15, 0.2) is 24.3 Å². The van der Waals surface area contributed by atoms with Gasteiger partial charge in [-0.05, 0) is 63.4 Å². The zero-order chi connectivity index (χ0) is 18.8. The number of nitrogens with zero attached hydrogens (tertiary/aromatic N) is 2. The number of benzene rings is 1. The first-order valence-electron chi connectivity index (χ1n) is 10.6. The lowest BCUT2D eigenvalue weighted by molar-refractivity contribution is 0.132. The van der Waals surface area contributed by atoms with E-state index in [1.54, 1.807) is 0 Å². The second kappa shape index (κ2) is 11.6. The van der Waals surface area contributed by atoms with Crippen molar-refractivity contribution in [2.45, 2.75) is 53.2 Å². The van der Waals surface area contributed by atoms with Crippen molar-refractivity contribution in [1.29, 1.82) is 0 Å². The first-order valence-corrected chi connectivity index (χ1v) is 10.6. The molecular weight excluding hydrogens is 322 g/mol. The molecule has 2 aliphatic rings. The summed E-state index contributed by atoms with van der Waals surface area (Å²) < 4.78 is 5.72.